The number of aliphatic hydroxyl groups is 1. The zero-order valence-corrected chi connectivity index (χ0v) is 17.0. The number of hydrogen-bond donors (Lipinski definition) is 1. The third kappa shape index (κ3) is 2.98. The van der Waals surface area contributed by atoms with Gasteiger partial charge in [0.2, 0.25) is 0 Å². The van der Waals surface area contributed by atoms with Crippen LogP contribution in [0.15, 0.2) is 18.2 Å². The Hall–Kier alpha value is -1.50. The first-order valence-corrected chi connectivity index (χ1v) is 10.5. The number of nitrogens with zero attached hydrogens (tertiary/aromatic N) is 1. The van der Waals surface area contributed by atoms with Gasteiger partial charge in [0, 0.05) is 12.0 Å². The van der Waals surface area contributed by atoms with Crippen molar-refractivity contribution in [1.82, 2.24) is 4.90 Å². The van der Waals surface area contributed by atoms with Crippen LogP contribution in [0, 0.1) is 29.6 Å². The lowest BCUT2D eigenvalue weighted by atomic mass is 9.53. The van der Waals surface area contributed by atoms with Crippen LogP contribution < -0.4 is 4.74 Å². The molecule has 0 heterocycles. The fraction of sp³-hybridized carbons (Fsp3) is 0.667. The molecule has 0 unspecified atom stereocenters. The Morgan fingerprint density at radius 2 is 2.07 bits per heavy atom. The molecule has 146 valence electrons. The van der Waals surface area contributed by atoms with E-state index < -0.39 is 5.60 Å². The van der Waals surface area contributed by atoms with Crippen LogP contribution in [0.1, 0.15) is 56.1 Å². The Kier molecular flexibility index (Phi) is 4.77. The second kappa shape index (κ2) is 6.83. The molecule has 2 fully saturated rings. The summed E-state index contributed by atoms with van der Waals surface area (Å²) >= 11 is 0. The van der Waals surface area contributed by atoms with Crippen molar-refractivity contribution in [2.75, 3.05) is 27.2 Å². The Balaban J connectivity index is 1.54. The van der Waals surface area contributed by atoms with Gasteiger partial charge in [0.05, 0.1) is 0 Å². The molecule has 0 aromatic heterocycles. The fourth-order valence-electron chi connectivity index (χ4n) is 6.25. The van der Waals surface area contributed by atoms with Crippen molar-refractivity contribution in [2.24, 2.45) is 17.3 Å². The van der Waals surface area contributed by atoms with E-state index in [1.54, 1.807) is 0 Å². The number of ether oxygens (including phenoxy) is 1. The van der Waals surface area contributed by atoms with Gasteiger partial charge in [0.25, 0.3) is 0 Å². The van der Waals surface area contributed by atoms with E-state index >= 15 is 0 Å². The van der Waals surface area contributed by atoms with Crippen LogP contribution in [0.25, 0.3) is 0 Å². The highest BCUT2D eigenvalue weighted by atomic mass is 16.5. The van der Waals surface area contributed by atoms with E-state index in [0.29, 0.717) is 17.8 Å². The van der Waals surface area contributed by atoms with Gasteiger partial charge in [-0.25, -0.2) is 0 Å². The molecule has 3 nitrogen and oxygen atoms in total. The van der Waals surface area contributed by atoms with Crippen molar-refractivity contribution in [3.8, 4) is 18.1 Å². The van der Waals surface area contributed by atoms with E-state index in [0.717, 1.165) is 51.0 Å². The maximum absolute atomic E-state index is 11.0. The van der Waals surface area contributed by atoms with Crippen molar-refractivity contribution >= 4 is 0 Å². The molecule has 3 aliphatic carbocycles. The van der Waals surface area contributed by atoms with E-state index in [1.165, 1.54) is 17.5 Å². The number of likely N-dealkylation sites (N-methyl/N-ethyl adjacent to an activating group) is 1. The average molecular weight is 368 g/mol. The first-order chi connectivity index (χ1) is 12.9. The fourth-order valence-corrected chi connectivity index (χ4v) is 6.25. The molecule has 4 rings (SSSR count). The minimum Gasteiger partial charge on any atom is -0.492 e. The van der Waals surface area contributed by atoms with Gasteiger partial charge in [-0.2, -0.15) is 0 Å². The Bertz CT molecular complexity index is 751. The molecule has 2 saturated carbocycles. The van der Waals surface area contributed by atoms with E-state index in [-0.39, 0.29) is 5.41 Å². The number of rotatable bonds is 4. The first-order valence-electron chi connectivity index (χ1n) is 10.5. The summed E-state index contributed by atoms with van der Waals surface area (Å²) in [6.07, 6.45) is 12.1. The van der Waals surface area contributed by atoms with Crippen LogP contribution in [0.5, 0.6) is 5.75 Å². The molecular formula is C24H33NO2. The van der Waals surface area contributed by atoms with Gasteiger partial charge in [-0.05, 0) is 93.6 Å². The van der Waals surface area contributed by atoms with Crippen molar-refractivity contribution in [1.29, 1.82) is 0 Å². The van der Waals surface area contributed by atoms with Crippen LogP contribution in [-0.2, 0) is 6.42 Å². The van der Waals surface area contributed by atoms with Crippen molar-refractivity contribution in [3.63, 3.8) is 0 Å². The average Bonchev–Trinajstić information content (AvgIpc) is 2.93. The van der Waals surface area contributed by atoms with E-state index in [9.17, 15) is 5.11 Å². The van der Waals surface area contributed by atoms with Gasteiger partial charge in [0.15, 0.2) is 0 Å². The van der Waals surface area contributed by atoms with Crippen LogP contribution >= 0.6 is 0 Å². The number of terminal acetylenes is 1. The zero-order valence-electron chi connectivity index (χ0n) is 17.0. The predicted octanol–water partition coefficient (Wildman–Crippen LogP) is 3.85. The first kappa shape index (κ1) is 18.8. The maximum atomic E-state index is 11.0. The van der Waals surface area contributed by atoms with Crippen molar-refractivity contribution < 1.29 is 9.84 Å². The van der Waals surface area contributed by atoms with Gasteiger partial charge in [-0.15, -0.1) is 6.42 Å². The highest BCUT2D eigenvalue weighted by molar-refractivity contribution is 5.41. The van der Waals surface area contributed by atoms with Crippen LogP contribution in [0.4, 0.5) is 0 Å². The smallest absolute Gasteiger partial charge is 0.130 e. The van der Waals surface area contributed by atoms with E-state index in [2.05, 4.69) is 50.0 Å². The van der Waals surface area contributed by atoms with E-state index in [4.69, 9.17) is 11.2 Å². The second-order valence-corrected chi connectivity index (χ2v) is 9.43. The molecule has 5 atom stereocenters. The normalized spacial score (nSPS) is 37.3. The summed E-state index contributed by atoms with van der Waals surface area (Å²) in [6.45, 7) is 3.90. The van der Waals surface area contributed by atoms with Crippen LogP contribution in [0.3, 0.4) is 0 Å². The number of hydrogen-bond acceptors (Lipinski definition) is 3. The molecule has 27 heavy (non-hydrogen) atoms. The molecule has 1 aromatic rings. The van der Waals surface area contributed by atoms with Gasteiger partial charge < -0.3 is 14.7 Å². The van der Waals surface area contributed by atoms with E-state index in [1.807, 2.05) is 0 Å². The maximum Gasteiger partial charge on any atom is 0.130 e. The molecule has 0 bridgehead atoms. The highest BCUT2D eigenvalue weighted by Gasteiger charge is 2.61. The lowest BCUT2D eigenvalue weighted by Gasteiger charge is -2.52. The zero-order chi connectivity index (χ0) is 19.2. The minimum atomic E-state index is -0.910. The number of benzene rings is 1. The predicted molar refractivity (Wildman–Crippen MR) is 109 cm³/mol. The lowest BCUT2D eigenvalue weighted by molar-refractivity contribution is -0.0646. The molecule has 0 saturated heterocycles. The Morgan fingerprint density at radius 1 is 1.26 bits per heavy atom. The summed E-state index contributed by atoms with van der Waals surface area (Å²) in [6, 6.07) is 6.72. The molecule has 3 heteroatoms. The largest absolute Gasteiger partial charge is 0.492 e. The summed E-state index contributed by atoms with van der Waals surface area (Å²) in [5, 5.41) is 11.0. The van der Waals surface area contributed by atoms with Crippen LogP contribution in [-0.4, -0.2) is 42.9 Å². The second-order valence-electron chi connectivity index (χ2n) is 9.43. The lowest BCUT2D eigenvalue weighted by Crippen LogP contribution is -2.50. The molecule has 0 radical (unpaired) electrons. The molecule has 0 spiro atoms. The van der Waals surface area contributed by atoms with Crippen LogP contribution in [0.2, 0.25) is 0 Å². The highest BCUT2D eigenvalue weighted by Crippen LogP contribution is 2.64. The van der Waals surface area contributed by atoms with Gasteiger partial charge >= 0.3 is 0 Å². The summed E-state index contributed by atoms with van der Waals surface area (Å²) in [4.78, 5) is 2.14. The number of fused-ring (bicyclic) bond motifs is 5. The summed E-state index contributed by atoms with van der Waals surface area (Å²) in [5.74, 6) is 5.57. The van der Waals surface area contributed by atoms with Gasteiger partial charge in [0.1, 0.15) is 18.0 Å². The molecule has 1 aromatic carbocycles. The number of aryl methyl sites for hydroxylation is 1. The minimum absolute atomic E-state index is 0.115. The van der Waals surface area contributed by atoms with Gasteiger partial charge in [-0.3, -0.25) is 0 Å². The molecule has 3 aliphatic rings. The third-order valence-corrected chi connectivity index (χ3v) is 7.90. The Labute approximate surface area is 164 Å². The summed E-state index contributed by atoms with van der Waals surface area (Å²) in [7, 11) is 4.13. The van der Waals surface area contributed by atoms with Crippen molar-refractivity contribution in [3.05, 3.63) is 29.3 Å². The topological polar surface area (TPSA) is 32.7 Å². The monoisotopic (exact) mass is 367 g/mol. The third-order valence-electron chi connectivity index (χ3n) is 7.90. The molecule has 1 N–H and O–H groups in total. The standard InChI is InChI=1S/C24H33NO2/c1-5-24(26)13-11-22-21-8-6-17-16-18(27-15-14-25(3)4)7-9-19(17)20(21)10-12-23(22,24)2/h1,7,9,16,20-22,26H,6,8,10-15H2,2-4H3/t20-,21-,22+,23+,24+/m1/s1. The van der Waals surface area contributed by atoms with Crippen molar-refractivity contribution in [2.45, 2.75) is 57.0 Å². The quantitative estimate of drug-likeness (QED) is 0.821. The molecular weight excluding hydrogens is 334 g/mol. The van der Waals surface area contributed by atoms with Gasteiger partial charge in [-0.1, -0.05) is 18.9 Å². The molecule has 0 amide bonds. The molecule has 0 aliphatic heterocycles. The summed E-state index contributed by atoms with van der Waals surface area (Å²) < 4.78 is 5.95. The Morgan fingerprint density at radius 3 is 2.81 bits per heavy atom. The SMILES string of the molecule is C#C[C@]1(O)CC[C@H]2[C@@H]3CCc4cc(OCCN(C)C)ccc4[C@H]3CC[C@@]21C. The summed E-state index contributed by atoms with van der Waals surface area (Å²) in [5.41, 5.74) is 1.96.